The van der Waals surface area contributed by atoms with Crippen molar-refractivity contribution in [1.82, 2.24) is 0 Å². The third-order valence-electron chi connectivity index (χ3n) is 0.843. The Morgan fingerprint density at radius 2 is 1.57 bits per heavy atom. The van der Waals surface area contributed by atoms with Gasteiger partial charge < -0.3 is 0 Å². The van der Waals surface area contributed by atoms with Gasteiger partial charge in [0.2, 0.25) is 0 Å². The van der Waals surface area contributed by atoms with E-state index in [1.807, 2.05) is 30.3 Å². The molecule has 0 heteroatoms. The lowest BCUT2D eigenvalue weighted by Crippen LogP contribution is -1.62. The average Bonchev–Trinajstić information content (AvgIpc) is 1.69. The third-order valence-corrected chi connectivity index (χ3v) is 0.843. The fraction of sp³-hybridized carbons (Fsp3) is 0. The lowest BCUT2D eigenvalue weighted by Gasteiger charge is -1.82. The van der Waals surface area contributed by atoms with E-state index in [4.69, 9.17) is 0 Å². The summed E-state index contributed by atoms with van der Waals surface area (Å²) in [7, 11) is 0. The Kier molecular flexibility index (Phi) is 1.12. The van der Waals surface area contributed by atoms with Crippen molar-refractivity contribution in [2.24, 2.45) is 0 Å². The normalized spacial score (nSPS) is 8.71. The molecule has 1 aromatic rings. The van der Waals surface area contributed by atoms with Crippen LogP contribution in [0.4, 0.5) is 0 Å². The number of hydrogen-bond donors (Lipinski definition) is 0. The monoisotopic (exact) mass is 91.1 g/mol. The predicted molar refractivity (Wildman–Crippen MR) is 30.9 cm³/mol. The maximum absolute atomic E-state index is 3.72. The van der Waals surface area contributed by atoms with E-state index in [-0.39, 0.29) is 0 Å². The summed E-state index contributed by atoms with van der Waals surface area (Å²) in [6, 6.07) is 9.87. The van der Waals surface area contributed by atoms with Gasteiger partial charge in [-0.2, -0.15) is 0 Å². The highest BCUT2D eigenvalue weighted by atomic mass is 13.8. The summed E-state index contributed by atoms with van der Waals surface area (Å²) in [5.74, 6) is 0. The molecule has 0 N–H and O–H groups in total. The van der Waals surface area contributed by atoms with E-state index in [9.17, 15) is 0 Å². The second-order valence-electron chi connectivity index (χ2n) is 1.49. The lowest BCUT2D eigenvalue weighted by atomic mass is 10.2. The van der Waals surface area contributed by atoms with Gasteiger partial charge >= 0.3 is 0 Å². The van der Waals surface area contributed by atoms with Crippen molar-refractivity contribution in [3.05, 3.63) is 42.8 Å². The van der Waals surface area contributed by atoms with E-state index in [1.54, 1.807) is 0 Å². The topological polar surface area (TPSA) is 0 Å². The second kappa shape index (κ2) is 1.78. The van der Waals surface area contributed by atoms with Gasteiger partial charge in [0.15, 0.2) is 0 Å². The molecule has 0 saturated carbocycles. The highest BCUT2D eigenvalue weighted by molar-refractivity contribution is 5.16. The maximum Gasteiger partial charge on any atom is -0.0238 e. The Labute approximate surface area is 43.8 Å². The number of hydrogen-bond acceptors (Lipinski definition) is 0. The molecular weight excluding hydrogens is 84.1 g/mol. The highest BCUT2D eigenvalue weighted by Gasteiger charge is 1.72. The molecule has 0 spiro atoms. The quantitative estimate of drug-likeness (QED) is 0.457. The van der Waals surface area contributed by atoms with Crippen LogP contribution in [0.15, 0.2) is 30.3 Å². The van der Waals surface area contributed by atoms with Gasteiger partial charge in [-0.1, -0.05) is 30.3 Å². The van der Waals surface area contributed by atoms with E-state index in [0.717, 1.165) is 5.56 Å². The maximum atomic E-state index is 3.72. The van der Waals surface area contributed by atoms with Crippen molar-refractivity contribution in [2.75, 3.05) is 0 Å². The Morgan fingerprint density at radius 3 is 1.86 bits per heavy atom. The highest BCUT2D eigenvalue weighted by Crippen LogP contribution is 1.92. The largest absolute Gasteiger partial charge is 0.0622 e. The molecule has 0 aromatic heterocycles. The van der Waals surface area contributed by atoms with Crippen LogP contribution >= 0.6 is 0 Å². The first-order valence-corrected chi connectivity index (χ1v) is 2.26. The van der Waals surface area contributed by atoms with Crippen molar-refractivity contribution in [3.8, 4) is 0 Å². The van der Waals surface area contributed by atoms with E-state index >= 15 is 0 Å². The summed E-state index contributed by atoms with van der Waals surface area (Å²) < 4.78 is 0. The van der Waals surface area contributed by atoms with Gasteiger partial charge in [-0.25, -0.2) is 0 Å². The molecule has 0 nitrogen and oxygen atoms in total. The Morgan fingerprint density at radius 1 is 1.00 bits per heavy atom. The Balaban J connectivity index is 3.02. The van der Waals surface area contributed by atoms with Gasteiger partial charge in [-0.15, -0.1) is 0 Å². The van der Waals surface area contributed by atoms with Crippen LogP contribution in [0.1, 0.15) is 5.56 Å². The zero-order chi connectivity index (χ0) is 5.11. The van der Waals surface area contributed by atoms with Crippen molar-refractivity contribution in [3.63, 3.8) is 0 Å². The third kappa shape index (κ3) is 1.04. The van der Waals surface area contributed by atoms with E-state index in [1.165, 1.54) is 0 Å². The van der Waals surface area contributed by atoms with Crippen LogP contribution in [-0.4, -0.2) is 0 Å². The first-order valence-electron chi connectivity index (χ1n) is 2.26. The molecule has 0 heterocycles. The van der Waals surface area contributed by atoms with Crippen molar-refractivity contribution in [2.45, 2.75) is 0 Å². The van der Waals surface area contributed by atoms with Gasteiger partial charge in [-0.05, 0) is 12.5 Å². The van der Waals surface area contributed by atoms with Gasteiger partial charge in [0.05, 0.1) is 0 Å². The molecule has 0 fully saturated rings. The molecular formula is C7H7. The van der Waals surface area contributed by atoms with Crippen LogP contribution in [0.3, 0.4) is 0 Å². The van der Waals surface area contributed by atoms with Gasteiger partial charge in [0, 0.05) is 0 Å². The molecule has 0 saturated heterocycles. The molecule has 0 aliphatic carbocycles. The fourth-order valence-corrected chi connectivity index (χ4v) is 0.478. The van der Waals surface area contributed by atoms with E-state index < -0.39 is 0 Å². The molecule has 0 amide bonds. The minimum absolute atomic E-state index is 1.07. The molecule has 35 valence electrons. The molecule has 0 bridgehead atoms. The molecule has 1 aromatic carbocycles. The SMILES string of the molecule is [CH2]c1ccccc1. The Hall–Kier alpha value is -0.780. The van der Waals surface area contributed by atoms with Crippen LogP contribution in [0, 0.1) is 6.92 Å². The zero-order valence-electron chi connectivity index (χ0n) is 4.09. The second-order valence-corrected chi connectivity index (χ2v) is 1.49. The molecule has 1 radical (unpaired) electrons. The summed E-state index contributed by atoms with van der Waals surface area (Å²) in [5.41, 5.74) is 1.07. The van der Waals surface area contributed by atoms with E-state index in [0.29, 0.717) is 0 Å². The van der Waals surface area contributed by atoms with Crippen LogP contribution in [0.25, 0.3) is 0 Å². The lowest BCUT2D eigenvalue weighted by molar-refractivity contribution is 1.62. The molecule has 0 aliphatic heterocycles. The summed E-state index contributed by atoms with van der Waals surface area (Å²) in [6.07, 6.45) is 0. The summed E-state index contributed by atoms with van der Waals surface area (Å²) >= 11 is 0. The van der Waals surface area contributed by atoms with Crippen LogP contribution < -0.4 is 0 Å². The molecule has 0 aliphatic rings. The number of rotatable bonds is 0. The minimum atomic E-state index is 1.07. The summed E-state index contributed by atoms with van der Waals surface area (Å²) in [6.45, 7) is 3.72. The van der Waals surface area contributed by atoms with Crippen LogP contribution in [0.5, 0.6) is 0 Å². The molecule has 0 atom stereocenters. The van der Waals surface area contributed by atoms with Gasteiger partial charge in [-0.3, -0.25) is 0 Å². The minimum Gasteiger partial charge on any atom is -0.0622 e. The first-order chi connectivity index (χ1) is 3.39. The molecule has 7 heavy (non-hydrogen) atoms. The molecule has 1 rings (SSSR count). The zero-order valence-corrected chi connectivity index (χ0v) is 4.09. The summed E-state index contributed by atoms with van der Waals surface area (Å²) in [4.78, 5) is 0. The van der Waals surface area contributed by atoms with Crippen molar-refractivity contribution in [1.29, 1.82) is 0 Å². The van der Waals surface area contributed by atoms with Crippen molar-refractivity contribution >= 4 is 0 Å². The molecule has 0 unspecified atom stereocenters. The predicted octanol–water partition coefficient (Wildman–Crippen LogP) is 1.87. The standard InChI is InChI=1S/C7H7/c1-7-5-3-2-4-6-7/h2-6H,1H2. The smallest absolute Gasteiger partial charge is 0.0238 e. The van der Waals surface area contributed by atoms with Crippen molar-refractivity contribution < 1.29 is 0 Å². The van der Waals surface area contributed by atoms with Gasteiger partial charge in [0.25, 0.3) is 0 Å². The first kappa shape index (κ1) is 4.38. The fourth-order valence-electron chi connectivity index (χ4n) is 0.478. The van der Waals surface area contributed by atoms with Crippen LogP contribution in [-0.2, 0) is 0 Å². The van der Waals surface area contributed by atoms with E-state index in [2.05, 4.69) is 6.92 Å². The average molecular weight is 91.1 g/mol. The van der Waals surface area contributed by atoms with Crippen LogP contribution in [0.2, 0.25) is 0 Å². The summed E-state index contributed by atoms with van der Waals surface area (Å²) in [5, 5.41) is 0. The number of benzene rings is 1. The van der Waals surface area contributed by atoms with Gasteiger partial charge in [0.1, 0.15) is 0 Å². The Bertz CT molecular complexity index is 130.